The molecule has 0 aliphatic rings. The van der Waals surface area contributed by atoms with Crippen LogP contribution >= 0.6 is 11.6 Å². The van der Waals surface area contributed by atoms with Crippen molar-refractivity contribution in [3.8, 4) is 0 Å². The van der Waals surface area contributed by atoms with Gasteiger partial charge in [-0.1, -0.05) is 29.8 Å². The van der Waals surface area contributed by atoms with Gasteiger partial charge < -0.3 is 10.1 Å². The summed E-state index contributed by atoms with van der Waals surface area (Å²) in [5.41, 5.74) is -0.667. The van der Waals surface area contributed by atoms with Crippen LogP contribution in [0.5, 0.6) is 0 Å². The number of halogens is 1. The molecule has 0 saturated carbocycles. The van der Waals surface area contributed by atoms with Crippen molar-refractivity contribution in [1.29, 1.82) is 0 Å². The fourth-order valence-corrected chi connectivity index (χ4v) is 3.18. The molecule has 0 heterocycles. The fraction of sp³-hybridized carbons (Fsp3) is 0.0870. The minimum atomic E-state index is -1.28. The van der Waals surface area contributed by atoms with E-state index in [4.69, 9.17) is 16.3 Å². The smallest absolute Gasteiger partial charge is 0.339 e. The van der Waals surface area contributed by atoms with Gasteiger partial charge >= 0.3 is 5.97 Å². The summed E-state index contributed by atoms with van der Waals surface area (Å²) in [7, 11) is 0. The SMILES string of the molecule is CC(OC(=O)c1ccccc1C(=O)c1ccc(Cl)c([N+](=O)[O-])c1)C(=O)Nc1ccc([N+](=O)[O-])cc1. The van der Waals surface area contributed by atoms with E-state index in [-0.39, 0.29) is 33.1 Å². The van der Waals surface area contributed by atoms with Crippen molar-refractivity contribution in [2.24, 2.45) is 0 Å². The molecular weight excluding hydrogens is 482 g/mol. The number of nitro benzene ring substituents is 2. The van der Waals surface area contributed by atoms with Gasteiger partial charge in [0.25, 0.3) is 17.3 Å². The third-order valence-electron chi connectivity index (χ3n) is 4.80. The number of benzene rings is 3. The van der Waals surface area contributed by atoms with Crippen LogP contribution in [-0.4, -0.2) is 33.6 Å². The number of esters is 1. The first-order valence-corrected chi connectivity index (χ1v) is 10.3. The number of ether oxygens (including phenoxy) is 1. The van der Waals surface area contributed by atoms with Crippen molar-refractivity contribution < 1.29 is 29.0 Å². The Balaban J connectivity index is 1.76. The maximum absolute atomic E-state index is 13.0. The average molecular weight is 498 g/mol. The number of ketones is 1. The molecule has 1 amide bonds. The van der Waals surface area contributed by atoms with Crippen molar-refractivity contribution in [2.45, 2.75) is 13.0 Å². The van der Waals surface area contributed by atoms with Crippen LogP contribution in [0.3, 0.4) is 0 Å². The molecule has 3 aromatic carbocycles. The number of rotatable bonds is 8. The number of hydrogen-bond acceptors (Lipinski definition) is 8. The topological polar surface area (TPSA) is 159 Å². The lowest BCUT2D eigenvalue weighted by atomic mass is 9.98. The molecule has 0 saturated heterocycles. The Morgan fingerprint density at radius 3 is 2.14 bits per heavy atom. The van der Waals surface area contributed by atoms with Gasteiger partial charge in [0.2, 0.25) is 0 Å². The molecule has 0 spiro atoms. The highest BCUT2D eigenvalue weighted by atomic mass is 35.5. The number of hydrogen-bond donors (Lipinski definition) is 1. The van der Waals surface area contributed by atoms with Gasteiger partial charge in [0.1, 0.15) is 5.02 Å². The Kier molecular flexibility index (Phi) is 7.52. The third kappa shape index (κ3) is 5.84. The summed E-state index contributed by atoms with van der Waals surface area (Å²) in [6.45, 7) is 1.31. The second kappa shape index (κ2) is 10.5. The van der Waals surface area contributed by atoms with Gasteiger partial charge in [-0.05, 0) is 37.3 Å². The molecule has 3 aromatic rings. The maximum atomic E-state index is 13.0. The van der Waals surface area contributed by atoms with Gasteiger partial charge in [0.05, 0.1) is 15.4 Å². The Morgan fingerprint density at radius 2 is 1.54 bits per heavy atom. The largest absolute Gasteiger partial charge is 0.449 e. The van der Waals surface area contributed by atoms with E-state index in [0.717, 1.165) is 6.07 Å². The van der Waals surface area contributed by atoms with Crippen molar-refractivity contribution in [3.05, 3.63) is 109 Å². The zero-order valence-corrected chi connectivity index (χ0v) is 18.7. The van der Waals surface area contributed by atoms with E-state index in [1.807, 2.05) is 0 Å². The lowest BCUT2D eigenvalue weighted by Crippen LogP contribution is -2.30. The van der Waals surface area contributed by atoms with Gasteiger partial charge in [0, 0.05) is 35.0 Å². The highest BCUT2D eigenvalue weighted by molar-refractivity contribution is 6.33. The van der Waals surface area contributed by atoms with Crippen LogP contribution in [-0.2, 0) is 9.53 Å². The van der Waals surface area contributed by atoms with E-state index in [1.165, 1.54) is 67.6 Å². The van der Waals surface area contributed by atoms with Crippen LogP contribution in [0.25, 0.3) is 0 Å². The van der Waals surface area contributed by atoms with Crippen LogP contribution in [0.15, 0.2) is 66.7 Å². The number of nitrogens with one attached hydrogen (secondary N) is 1. The fourth-order valence-electron chi connectivity index (χ4n) is 3.00. The molecule has 0 radical (unpaired) electrons. The summed E-state index contributed by atoms with van der Waals surface area (Å²) in [6, 6.07) is 14.2. The number of non-ortho nitro benzene ring substituents is 1. The Bertz CT molecular complexity index is 1340. The van der Waals surface area contributed by atoms with Crippen molar-refractivity contribution >= 4 is 46.3 Å². The number of anilines is 1. The van der Waals surface area contributed by atoms with Crippen LogP contribution < -0.4 is 5.32 Å². The highest BCUT2D eigenvalue weighted by Gasteiger charge is 2.25. The van der Waals surface area contributed by atoms with Crippen LogP contribution in [0.4, 0.5) is 17.1 Å². The summed E-state index contributed by atoms with van der Waals surface area (Å²) in [5.74, 6) is -2.35. The normalized spacial score (nSPS) is 11.3. The van der Waals surface area contributed by atoms with Gasteiger partial charge in [-0.2, -0.15) is 0 Å². The van der Waals surface area contributed by atoms with E-state index >= 15 is 0 Å². The number of nitrogens with zero attached hydrogens (tertiary/aromatic N) is 2. The summed E-state index contributed by atoms with van der Waals surface area (Å²) in [4.78, 5) is 58.7. The second-order valence-corrected chi connectivity index (χ2v) is 7.55. The Hall–Kier alpha value is -4.64. The quantitative estimate of drug-likeness (QED) is 0.205. The van der Waals surface area contributed by atoms with Crippen LogP contribution in [0.2, 0.25) is 5.02 Å². The van der Waals surface area contributed by atoms with Crippen molar-refractivity contribution in [3.63, 3.8) is 0 Å². The Labute approximate surface area is 202 Å². The molecule has 0 aliphatic heterocycles. The van der Waals surface area contributed by atoms with Crippen LogP contribution in [0, 0.1) is 20.2 Å². The first-order chi connectivity index (χ1) is 16.6. The minimum Gasteiger partial charge on any atom is -0.449 e. The lowest BCUT2D eigenvalue weighted by Gasteiger charge is -2.15. The molecule has 1 unspecified atom stereocenters. The predicted molar refractivity (Wildman–Crippen MR) is 125 cm³/mol. The molecule has 0 aromatic heterocycles. The number of carbonyl (C=O) groups excluding carboxylic acids is 3. The van der Waals surface area contributed by atoms with Crippen molar-refractivity contribution in [2.75, 3.05) is 5.32 Å². The summed E-state index contributed by atoms with van der Waals surface area (Å²) >= 11 is 5.80. The summed E-state index contributed by atoms with van der Waals surface area (Å²) in [6.07, 6.45) is -1.28. The lowest BCUT2D eigenvalue weighted by molar-refractivity contribution is -0.385. The zero-order chi connectivity index (χ0) is 25.7. The molecule has 12 heteroatoms. The van der Waals surface area contributed by atoms with Gasteiger partial charge in [-0.3, -0.25) is 29.8 Å². The molecule has 1 N–H and O–H groups in total. The first-order valence-electron chi connectivity index (χ1n) is 9.92. The molecule has 35 heavy (non-hydrogen) atoms. The second-order valence-electron chi connectivity index (χ2n) is 7.14. The Morgan fingerprint density at radius 1 is 0.914 bits per heavy atom. The van der Waals surface area contributed by atoms with E-state index in [2.05, 4.69) is 5.32 Å². The molecule has 0 bridgehead atoms. The molecular formula is C23H16ClN3O8. The monoisotopic (exact) mass is 497 g/mol. The van der Waals surface area contributed by atoms with Gasteiger partial charge in [0.15, 0.2) is 11.9 Å². The molecule has 178 valence electrons. The summed E-state index contributed by atoms with van der Waals surface area (Å²) < 4.78 is 5.20. The molecule has 3 rings (SSSR count). The number of carbonyl (C=O) groups is 3. The molecule has 11 nitrogen and oxygen atoms in total. The molecule has 0 aliphatic carbocycles. The standard InChI is InChI=1S/C23H16ClN3O8/c1-13(22(29)25-15-7-9-16(10-8-15)26(31)32)35-23(30)18-5-3-2-4-17(18)21(28)14-6-11-19(24)20(12-14)27(33)34/h2-13H,1H3,(H,25,29). The van der Waals surface area contributed by atoms with E-state index in [9.17, 15) is 34.6 Å². The van der Waals surface area contributed by atoms with Gasteiger partial charge in [-0.15, -0.1) is 0 Å². The average Bonchev–Trinajstić information content (AvgIpc) is 2.83. The van der Waals surface area contributed by atoms with Gasteiger partial charge in [-0.25, -0.2) is 4.79 Å². The van der Waals surface area contributed by atoms with Crippen LogP contribution in [0.1, 0.15) is 33.2 Å². The van der Waals surface area contributed by atoms with E-state index < -0.39 is 39.3 Å². The molecule has 0 fully saturated rings. The maximum Gasteiger partial charge on any atom is 0.339 e. The summed E-state index contributed by atoms with van der Waals surface area (Å²) in [5, 5.41) is 24.2. The molecule has 1 atom stereocenters. The number of nitro groups is 2. The van der Waals surface area contributed by atoms with E-state index in [1.54, 1.807) is 0 Å². The predicted octanol–water partition coefficient (Wildman–Crippen LogP) is 4.57. The zero-order valence-electron chi connectivity index (χ0n) is 18.0. The minimum absolute atomic E-state index is 0.0645. The first kappa shape index (κ1) is 25.0. The van der Waals surface area contributed by atoms with E-state index in [0.29, 0.717) is 0 Å². The third-order valence-corrected chi connectivity index (χ3v) is 5.11. The number of amides is 1. The van der Waals surface area contributed by atoms with Crippen molar-refractivity contribution in [1.82, 2.24) is 0 Å². The highest BCUT2D eigenvalue weighted by Crippen LogP contribution is 2.27.